The third-order valence-electron chi connectivity index (χ3n) is 3.78. The average molecular weight is 350 g/mol. The lowest BCUT2D eigenvalue weighted by molar-refractivity contribution is 0.102. The zero-order valence-corrected chi connectivity index (χ0v) is 15.5. The number of ketones is 1. The fraction of sp³-hybridized carbons (Fsp3) is 0.444. The average Bonchev–Trinajstić information content (AvgIpc) is 2.79. The second kappa shape index (κ2) is 7.83. The minimum Gasteiger partial charge on any atom is -0.494 e. The van der Waals surface area contributed by atoms with Gasteiger partial charge in [0.25, 0.3) is 0 Å². The monoisotopic (exact) mass is 350 g/mol. The van der Waals surface area contributed by atoms with Crippen LogP contribution in [0.4, 0.5) is 4.39 Å². The van der Waals surface area contributed by atoms with Crippen molar-refractivity contribution >= 4 is 17.5 Å². The Hall–Kier alpha value is -1.82. The van der Waals surface area contributed by atoms with Crippen LogP contribution in [0.3, 0.4) is 0 Å². The number of nitrogens with zero attached hydrogens (tertiary/aromatic N) is 2. The molecule has 0 aliphatic rings. The highest BCUT2D eigenvalue weighted by molar-refractivity contribution is 7.99. The molecule has 0 bridgehead atoms. The number of halogens is 1. The third kappa shape index (κ3) is 4.17. The first kappa shape index (κ1) is 18.5. The molecule has 6 heteroatoms. The number of imidazole rings is 1. The molecule has 0 fully saturated rings. The van der Waals surface area contributed by atoms with Gasteiger partial charge < -0.3 is 9.30 Å². The van der Waals surface area contributed by atoms with E-state index in [4.69, 9.17) is 4.74 Å². The molecular formula is C18H23FN2O2S. The van der Waals surface area contributed by atoms with Gasteiger partial charge in [0.05, 0.1) is 18.6 Å². The smallest absolute Gasteiger partial charge is 0.173 e. The fourth-order valence-electron chi connectivity index (χ4n) is 2.37. The number of rotatable bonds is 7. The van der Waals surface area contributed by atoms with E-state index in [1.165, 1.54) is 31.0 Å². The van der Waals surface area contributed by atoms with E-state index >= 15 is 0 Å². The molecule has 2 rings (SSSR count). The Morgan fingerprint density at radius 1 is 1.38 bits per heavy atom. The largest absolute Gasteiger partial charge is 0.494 e. The summed E-state index contributed by atoms with van der Waals surface area (Å²) in [6.07, 6.45) is 0. The van der Waals surface area contributed by atoms with Gasteiger partial charge in [0.15, 0.2) is 22.5 Å². The van der Waals surface area contributed by atoms with Crippen molar-refractivity contribution in [2.75, 3.05) is 12.9 Å². The van der Waals surface area contributed by atoms with Crippen molar-refractivity contribution in [2.24, 2.45) is 5.92 Å². The normalized spacial score (nSPS) is 11.1. The first-order valence-corrected chi connectivity index (χ1v) is 8.85. The molecule has 130 valence electrons. The topological polar surface area (TPSA) is 44.1 Å². The Morgan fingerprint density at radius 3 is 2.67 bits per heavy atom. The first-order valence-electron chi connectivity index (χ1n) is 7.86. The summed E-state index contributed by atoms with van der Waals surface area (Å²) in [6, 6.07) is 4.28. The summed E-state index contributed by atoms with van der Waals surface area (Å²) in [4.78, 5) is 16.9. The van der Waals surface area contributed by atoms with Crippen molar-refractivity contribution in [1.29, 1.82) is 0 Å². The van der Waals surface area contributed by atoms with Gasteiger partial charge in [-0.15, -0.1) is 0 Å². The maximum atomic E-state index is 13.7. The highest BCUT2D eigenvalue weighted by atomic mass is 32.2. The summed E-state index contributed by atoms with van der Waals surface area (Å²) < 4.78 is 20.8. The number of benzene rings is 1. The second-order valence-corrected chi connectivity index (χ2v) is 7.07. The quantitative estimate of drug-likeness (QED) is 0.552. The molecule has 0 unspecified atom stereocenters. The zero-order chi connectivity index (χ0) is 17.9. The molecular weight excluding hydrogens is 327 g/mol. The molecule has 24 heavy (non-hydrogen) atoms. The van der Waals surface area contributed by atoms with Crippen LogP contribution in [-0.2, 0) is 6.54 Å². The number of carbonyl (C=O) groups excluding carboxylic acids is 1. The van der Waals surface area contributed by atoms with Crippen LogP contribution in [0.5, 0.6) is 5.75 Å². The van der Waals surface area contributed by atoms with Gasteiger partial charge in [-0.05, 0) is 38.0 Å². The molecule has 1 heterocycles. The summed E-state index contributed by atoms with van der Waals surface area (Å²) in [7, 11) is 1.40. The molecule has 1 aromatic carbocycles. The second-order valence-electron chi connectivity index (χ2n) is 6.13. The first-order chi connectivity index (χ1) is 11.3. The lowest BCUT2D eigenvalue weighted by Gasteiger charge is -2.12. The Balaban J connectivity index is 2.12. The van der Waals surface area contributed by atoms with E-state index in [2.05, 4.69) is 23.4 Å². The Labute approximate surface area is 146 Å². The number of thioether (sulfide) groups is 1. The predicted octanol–water partition coefficient (Wildman–Crippen LogP) is 4.28. The van der Waals surface area contributed by atoms with Crippen LogP contribution in [0, 0.1) is 25.6 Å². The standard InChI is InChI=1S/C18H23FN2O2S/c1-11(2)9-21-13(4)12(3)20-18(21)24-10-16(22)14-6-7-17(23-5)15(19)8-14/h6-8,11H,9-10H2,1-5H3. The Kier molecular flexibility index (Phi) is 6.04. The van der Waals surface area contributed by atoms with Gasteiger partial charge in [-0.25, -0.2) is 9.37 Å². The fourth-order valence-corrected chi connectivity index (χ4v) is 3.36. The van der Waals surface area contributed by atoms with Crippen molar-refractivity contribution in [2.45, 2.75) is 39.4 Å². The molecule has 0 N–H and O–H groups in total. The van der Waals surface area contributed by atoms with Gasteiger partial charge in [-0.3, -0.25) is 4.79 Å². The number of hydrogen-bond acceptors (Lipinski definition) is 4. The minimum atomic E-state index is -0.527. The van der Waals surface area contributed by atoms with Crippen molar-refractivity contribution in [3.05, 3.63) is 41.0 Å². The van der Waals surface area contributed by atoms with E-state index in [0.29, 0.717) is 11.5 Å². The number of Topliss-reactive ketones (excluding diaryl/α,β-unsaturated/α-hetero) is 1. The van der Waals surface area contributed by atoms with Crippen LogP contribution in [-0.4, -0.2) is 28.2 Å². The van der Waals surface area contributed by atoms with Gasteiger partial charge in [0, 0.05) is 17.8 Å². The molecule has 0 aliphatic heterocycles. The number of ether oxygens (including phenoxy) is 1. The zero-order valence-electron chi connectivity index (χ0n) is 14.7. The predicted molar refractivity (Wildman–Crippen MR) is 94.5 cm³/mol. The van der Waals surface area contributed by atoms with E-state index < -0.39 is 5.82 Å². The van der Waals surface area contributed by atoms with Crippen LogP contribution in [0.15, 0.2) is 23.4 Å². The summed E-state index contributed by atoms with van der Waals surface area (Å²) >= 11 is 1.39. The van der Waals surface area contributed by atoms with Gasteiger partial charge in [-0.1, -0.05) is 25.6 Å². The summed E-state index contributed by atoms with van der Waals surface area (Å²) in [6.45, 7) is 9.16. The van der Waals surface area contributed by atoms with Crippen molar-refractivity contribution < 1.29 is 13.9 Å². The molecule has 1 aromatic heterocycles. The lowest BCUT2D eigenvalue weighted by Crippen LogP contribution is -2.09. The highest BCUT2D eigenvalue weighted by Crippen LogP contribution is 2.24. The van der Waals surface area contributed by atoms with Crippen LogP contribution in [0.1, 0.15) is 35.6 Å². The van der Waals surface area contributed by atoms with Crippen molar-refractivity contribution in [3.63, 3.8) is 0 Å². The van der Waals surface area contributed by atoms with Crippen LogP contribution < -0.4 is 4.74 Å². The Morgan fingerprint density at radius 2 is 2.08 bits per heavy atom. The van der Waals surface area contributed by atoms with Gasteiger partial charge in [0.2, 0.25) is 0 Å². The van der Waals surface area contributed by atoms with E-state index in [1.54, 1.807) is 6.07 Å². The molecule has 0 aliphatic carbocycles. The number of hydrogen-bond donors (Lipinski definition) is 0. The van der Waals surface area contributed by atoms with Gasteiger partial charge in [0.1, 0.15) is 0 Å². The molecule has 0 saturated heterocycles. The van der Waals surface area contributed by atoms with E-state index in [0.717, 1.165) is 23.1 Å². The summed E-state index contributed by atoms with van der Waals surface area (Å²) in [5.74, 6) is 0.193. The van der Waals surface area contributed by atoms with E-state index in [1.807, 2.05) is 13.8 Å². The lowest BCUT2D eigenvalue weighted by atomic mass is 10.1. The molecule has 0 spiro atoms. The van der Waals surface area contributed by atoms with Crippen LogP contribution in [0.25, 0.3) is 0 Å². The Bertz CT molecular complexity index is 741. The van der Waals surface area contributed by atoms with E-state index in [-0.39, 0.29) is 17.3 Å². The maximum absolute atomic E-state index is 13.7. The number of carbonyl (C=O) groups is 1. The number of methoxy groups -OCH3 is 1. The summed E-state index contributed by atoms with van der Waals surface area (Å²) in [5, 5.41) is 0.834. The maximum Gasteiger partial charge on any atom is 0.173 e. The van der Waals surface area contributed by atoms with Crippen molar-refractivity contribution in [3.8, 4) is 5.75 Å². The SMILES string of the molecule is COc1ccc(C(=O)CSc2nc(C)c(C)n2CC(C)C)cc1F. The molecule has 2 aromatic rings. The van der Waals surface area contributed by atoms with Gasteiger partial charge in [-0.2, -0.15) is 0 Å². The molecule has 0 amide bonds. The highest BCUT2D eigenvalue weighted by Gasteiger charge is 2.16. The number of aryl methyl sites for hydroxylation is 1. The minimum absolute atomic E-state index is 0.129. The third-order valence-corrected chi connectivity index (χ3v) is 4.75. The van der Waals surface area contributed by atoms with Crippen LogP contribution >= 0.6 is 11.8 Å². The molecule has 4 nitrogen and oxygen atoms in total. The van der Waals surface area contributed by atoms with Crippen LogP contribution in [0.2, 0.25) is 0 Å². The molecule has 0 radical (unpaired) electrons. The molecule has 0 atom stereocenters. The molecule has 0 saturated carbocycles. The summed E-state index contributed by atoms with van der Waals surface area (Å²) in [5.41, 5.74) is 2.44. The van der Waals surface area contributed by atoms with Crippen molar-refractivity contribution in [1.82, 2.24) is 9.55 Å². The van der Waals surface area contributed by atoms with Gasteiger partial charge >= 0.3 is 0 Å². The van der Waals surface area contributed by atoms with E-state index in [9.17, 15) is 9.18 Å². The number of aromatic nitrogens is 2.